The second-order valence-electron chi connectivity index (χ2n) is 6.05. The highest BCUT2D eigenvalue weighted by Crippen LogP contribution is 2.32. The fourth-order valence-electron chi connectivity index (χ4n) is 3.34. The van der Waals surface area contributed by atoms with Crippen LogP contribution in [0.5, 0.6) is 0 Å². The van der Waals surface area contributed by atoms with E-state index < -0.39 is 11.5 Å². The molecular weight excluding hydrogens is 297 g/mol. The molecule has 0 saturated carbocycles. The molecule has 0 atom stereocenters. The van der Waals surface area contributed by atoms with E-state index in [0.29, 0.717) is 43.9 Å². The molecule has 5 nitrogen and oxygen atoms in total. The first kappa shape index (κ1) is 15.7. The third-order valence-corrected chi connectivity index (χ3v) is 4.72. The van der Waals surface area contributed by atoms with Crippen molar-refractivity contribution < 1.29 is 14.3 Å². The quantitative estimate of drug-likeness (QED) is 0.941. The molecule has 0 aliphatic carbocycles. The predicted molar refractivity (Wildman–Crippen MR) is 83.5 cm³/mol. The number of hydrogen-bond acceptors (Lipinski definition) is 3. The van der Waals surface area contributed by atoms with Gasteiger partial charge in [0.15, 0.2) is 0 Å². The molecule has 6 heteroatoms. The average molecular weight is 317 g/mol. The van der Waals surface area contributed by atoms with E-state index in [9.17, 15) is 14.3 Å². The van der Waals surface area contributed by atoms with Crippen LogP contribution < -0.4 is 0 Å². The number of benzene rings is 1. The summed E-state index contributed by atoms with van der Waals surface area (Å²) in [6, 6.07) is 6.72. The first-order valence-electron chi connectivity index (χ1n) is 7.72. The van der Waals surface area contributed by atoms with Crippen molar-refractivity contribution in [3.05, 3.63) is 53.9 Å². The number of halogens is 1. The van der Waals surface area contributed by atoms with Crippen LogP contribution in [0.2, 0.25) is 0 Å². The zero-order chi connectivity index (χ0) is 16.4. The zero-order valence-corrected chi connectivity index (χ0v) is 13.1. The Bertz CT molecular complexity index is 705. The second-order valence-corrected chi connectivity index (χ2v) is 6.05. The van der Waals surface area contributed by atoms with E-state index in [2.05, 4.69) is 9.88 Å². The van der Waals surface area contributed by atoms with Crippen LogP contribution in [0.1, 0.15) is 24.2 Å². The largest absolute Gasteiger partial charge is 0.479 e. The maximum atomic E-state index is 13.8. The lowest BCUT2D eigenvalue weighted by Gasteiger charge is -2.40. The van der Waals surface area contributed by atoms with Gasteiger partial charge in [0, 0.05) is 37.6 Å². The third kappa shape index (κ3) is 2.86. The summed E-state index contributed by atoms with van der Waals surface area (Å²) < 4.78 is 15.5. The van der Waals surface area contributed by atoms with Crippen LogP contribution in [0.15, 0.2) is 36.7 Å². The first-order valence-corrected chi connectivity index (χ1v) is 7.72. The van der Waals surface area contributed by atoms with Gasteiger partial charge in [0.2, 0.25) is 0 Å². The predicted octanol–water partition coefficient (Wildman–Crippen LogP) is 2.41. The summed E-state index contributed by atoms with van der Waals surface area (Å²) in [4.78, 5) is 18.2. The highest BCUT2D eigenvalue weighted by molar-refractivity contribution is 5.77. The Morgan fingerprint density at radius 2 is 2.04 bits per heavy atom. The topological polar surface area (TPSA) is 58.4 Å². The van der Waals surface area contributed by atoms with Crippen LogP contribution in [-0.2, 0) is 16.9 Å². The van der Waals surface area contributed by atoms with Gasteiger partial charge in [0.05, 0.1) is 0 Å². The molecule has 0 spiro atoms. The summed E-state index contributed by atoms with van der Waals surface area (Å²) in [5, 5.41) is 9.78. The van der Waals surface area contributed by atoms with Gasteiger partial charge in [-0.3, -0.25) is 4.90 Å². The number of nitrogens with zero attached hydrogens (tertiary/aromatic N) is 3. The smallest absolute Gasteiger partial charge is 0.330 e. The van der Waals surface area contributed by atoms with E-state index in [-0.39, 0.29) is 5.82 Å². The number of carboxylic acids is 1. The average Bonchev–Trinajstić information content (AvgIpc) is 2.97. The van der Waals surface area contributed by atoms with Crippen LogP contribution in [0.4, 0.5) is 4.39 Å². The van der Waals surface area contributed by atoms with Crippen molar-refractivity contribution in [2.45, 2.75) is 31.8 Å². The molecule has 2 aromatic rings. The highest BCUT2D eigenvalue weighted by atomic mass is 19.1. The molecule has 23 heavy (non-hydrogen) atoms. The van der Waals surface area contributed by atoms with Crippen LogP contribution in [0.25, 0.3) is 0 Å². The Balaban J connectivity index is 1.75. The lowest BCUT2D eigenvalue weighted by atomic mass is 9.86. The highest BCUT2D eigenvalue weighted by Gasteiger charge is 2.43. The standard InChI is InChI=1S/C17H20FN3O2/c1-13-19-8-11-21(13)17(16(22)23)6-9-20(10-7-17)12-14-4-2-3-5-15(14)18/h2-5,8,11H,6-7,9-10,12H2,1H3,(H,22,23). The summed E-state index contributed by atoms with van der Waals surface area (Å²) in [5.74, 6) is -0.341. The minimum absolute atomic E-state index is 0.215. The fourth-order valence-corrected chi connectivity index (χ4v) is 3.34. The molecule has 1 aliphatic heterocycles. The Kier molecular flexibility index (Phi) is 4.17. The molecule has 1 aliphatic rings. The van der Waals surface area contributed by atoms with Crippen molar-refractivity contribution in [1.82, 2.24) is 14.5 Å². The normalized spacial score (nSPS) is 18.0. The van der Waals surface area contributed by atoms with Gasteiger partial charge in [-0.05, 0) is 25.8 Å². The van der Waals surface area contributed by atoms with Crippen LogP contribution in [0, 0.1) is 12.7 Å². The molecule has 0 radical (unpaired) electrons. The lowest BCUT2D eigenvalue weighted by Crippen LogP contribution is -2.51. The lowest BCUT2D eigenvalue weighted by molar-refractivity contribution is -0.150. The van der Waals surface area contributed by atoms with Gasteiger partial charge < -0.3 is 9.67 Å². The van der Waals surface area contributed by atoms with Gasteiger partial charge in [-0.15, -0.1) is 0 Å². The van der Waals surface area contributed by atoms with E-state index in [1.165, 1.54) is 6.07 Å². The molecule has 122 valence electrons. The van der Waals surface area contributed by atoms with E-state index in [4.69, 9.17) is 0 Å². The summed E-state index contributed by atoms with van der Waals surface area (Å²) in [6.07, 6.45) is 4.32. The maximum Gasteiger partial charge on any atom is 0.330 e. The van der Waals surface area contributed by atoms with Gasteiger partial charge in [-0.2, -0.15) is 0 Å². The van der Waals surface area contributed by atoms with Crippen LogP contribution >= 0.6 is 0 Å². The summed E-state index contributed by atoms with van der Waals surface area (Å²) in [7, 11) is 0. The summed E-state index contributed by atoms with van der Waals surface area (Å²) >= 11 is 0. The van der Waals surface area contributed by atoms with Gasteiger partial charge in [0.1, 0.15) is 17.2 Å². The summed E-state index contributed by atoms with van der Waals surface area (Å²) in [6.45, 7) is 3.54. The Labute approximate surface area is 134 Å². The first-order chi connectivity index (χ1) is 11.0. The molecule has 0 unspecified atom stereocenters. The van der Waals surface area contributed by atoms with Gasteiger partial charge in [-0.25, -0.2) is 14.2 Å². The monoisotopic (exact) mass is 317 g/mol. The third-order valence-electron chi connectivity index (χ3n) is 4.72. The van der Waals surface area contributed by atoms with Crippen molar-refractivity contribution in [1.29, 1.82) is 0 Å². The number of aryl methyl sites for hydroxylation is 1. The minimum atomic E-state index is -0.952. The number of aromatic nitrogens is 2. The molecule has 0 bridgehead atoms. The van der Waals surface area contributed by atoms with E-state index in [1.807, 2.05) is 13.0 Å². The van der Waals surface area contributed by atoms with Crippen molar-refractivity contribution in [2.24, 2.45) is 0 Å². The van der Waals surface area contributed by atoms with Crippen molar-refractivity contribution in [3.8, 4) is 0 Å². The number of piperidine rings is 1. The number of carboxylic acid groups (broad SMARTS) is 1. The van der Waals surface area contributed by atoms with Crippen LogP contribution in [0.3, 0.4) is 0 Å². The molecule has 1 fully saturated rings. The fraction of sp³-hybridized carbons (Fsp3) is 0.412. The van der Waals surface area contributed by atoms with Gasteiger partial charge in [-0.1, -0.05) is 18.2 Å². The Morgan fingerprint density at radius 3 is 2.61 bits per heavy atom. The number of rotatable bonds is 4. The van der Waals surface area contributed by atoms with Crippen LogP contribution in [-0.4, -0.2) is 38.6 Å². The van der Waals surface area contributed by atoms with Crippen molar-refractivity contribution >= 4 is 5.97 Å². The van der Waals surface area contributed by atoms with E-state index >= 15 is 0 Å². The second kappa shape index (κ2) is 6.12. The zero-order valence-electron chi connectivity index (χ0n) is 13.1. The molecule has 0 amide bonds. The molecule has 2 heterocycles. The number of hydrogen-bond donors (Lipinski definition) is 1. The van der Waals surface area contributed by atoms with Crippen molar-refractivity contribution in [2.75, 3.05) is 13.1 Å². The number of carbonyl (C=O) groups is 1. The molecule has 1 saturated heterocycles. The number of aliphatic carboxylic acids is 1. The molecular formula is C17H20FN3O2. The molecule has 1 aromatic heterocycles. The minimum Gasteiger partial charge on any atom is -0.479 e. The number of imidazole rings is 1. The molecule has 1 aromatic carbocycles. The number of likely N-dealkylation sites (tertiary alicyclic amines) is 1. The van der Waals surface area contributed by atoms with Crippen molar-refractivity contribution in [3.63, 3.8) is 0 Å². The summed E-state index contributed by atoms with van der Waals surface area (Å²) in [5.41, 5.74) is -0.305. The van der Waals surface area contributed by atoms with Gasteiger partial charge in [0.25, 0.3) is 0 Å². The Hall–Kier alpha value is -2.21. The Morgan fingerprint density at radius 1 is 1.35 bits per heavy atom. The SMILES string of the molecule is Cc1nccn1C1(C(=O)O)CCN(Cc2ccccc2F)CC1. The van der Waals surface area contributed by atoms with Gasteiger partial charge >= 0.3 is 5.97 Å². The molecule has 1 N–H and O–H groups in total. The maximum absolute atomic E-state index is 13.8. The molecule has 3 rings (SSSR count). The van der Waals surface area contributed by atoms with E-state index in [1.54, 1.807) is 29.1 Å². The van der Waals surface area contributed by atoms with E-state index in [0.717, 1.165) is 0 Å².